The van der Waals surface area contributed by atoms with Gasteiger partial charge >= 0.3 is 5.97 Å². The van der Waals surface area contributed by atoms with Crippen LogP contribution >= 0.6 is 0 Å². The maximum absolute atomic E-state index is 10.7. The first-order chi connectivity index (χ1) is 8.20. The van der Waals surface area contributed by atoms with Gasteiger partial charge in [0.25, 0.3) is 0 Å². The molecule has 94 valence electrons. The van der Waals surface area contributed by atoms with Gasteiger partial charge in [-0.2, -0.15) is 0 Å². The molecule has 2 heterocycles. The number of aliphatic hydroxyl groups is 1. The average molecular weight is 240 g/mol. The van der Waals surface area contributed by atoms with Crippen LogP contribution in [0.5, 0.6) is 0 Å². The van der Waals surface area contributed by atoms with Crippen molar-refractivity contribution in [2.75, 3.05) is 13.2 Å². The van der Waals surface area contributed by atoms with Gasteiger partial charge in [-0.25, -0.2) is 4.79 Å². The van der Waals surface area contributed by atoms with E-state index >= 15 is 0 Å². The molecule has 0 bridgehead atoms. The van der Waals surface area contributed by atoms with Gasteiger partial charge in [0.15, 0.2) is 11.5 Å². The number of carboxylic acid groups (broad SMARTS) is 1. The van der Waals surface area contributed by atoms with Crippen molar-refractivity contribution in [2.45, 2.75) is 31.8 Å². The standard InChI is InChI=1S/C11H16N2O4/c14-7-8-3-1-2-4-13(8)6-9-5-10(11(15)16)12-17-9/h5,8,14H,1-4,6-7H2,(H,15,16). The van der Waals surface area contributed by atoms with Crippen LogP contribution in [0.25, 0.3) is 0 Å². The Morgan fingerprint density at radius 2 is 2.41 bits per heavy atom. The fourth-order valence-corrected chi connectivity index (χ4v) is 2.16. The first-order valence-corrected chi connectivity index (χ1v) is 5.74. The van der Waals surface area contributed by atoms with Crippen molar-refractivity contribution < 1.29 is 19.5 Å². The minimum atomic E-state index is -1.09. The van der Waals surface area contributed by atoms with Crippen molar-refractivity contribution in [3.8, 4) is 0 Å². The summed E-state index contributed by atoms with van der Waals surface area (Å²) in [5.74, 6) is -0.555. The van der Waals surface area contributed by atoms with Gasteiger partial charge in [0.1, 0.15) is 0 Å². The van der Waals surface area contributed by atoms with Gasteiger partial charge in [0.2, 0.25) is 0 Å². The normalized spacial score (nSPS) is 21.6. The lowest BCUT2D eigenvalue weighted by atomic mass is 10.0. The molecular formula is C11H16N2O4. The molecule has 1 fully saturated rings. The van der Waals surface area contributed by atoms with Crippen LogP contribution in [-0.4, -0.2) is 45.4 Å². The highest BCUT2D eigenvalue weighted by Gasteiger charge is 2.23. The molecule has 0 saturated carbocycles. The SMILES string of the molecule is O=C(O)c1cc(CN2CCCCC2CO)on1. The molecule has 2 N–H and O–H groups in total. The number of carbonyl (C=O) groups is 1. The molecule has 0 aromatic carbocycles. The van der Waals surface area contributed by atoms with Crippen molar-refractivity contribution in [2.24, 2.45) is 0 Å². The Bertz CT molecular complexity index is 391. The second kappa shape index (κ2) is 5.29. The van der Waals surface area contributed by atoms with Crippen LogP contribution in [0.1, 0.15) is 35.5 Å². The molecule has 1 aromatic rings. The lowest BCUT2D eigenvalue weighted by molar-refractivity contribution is 0.0684. The lowest BCUT2D eigenvalue weighted by Crippen LogP contribution is -2.41. The molecular weight excluding hydrogens is 224 g/mol. The fraction of sp³-hybridized carbons (Fsp3) is 0.636. The van der Waals surface area contributed by atoms with Gasteiger partial charge in [-0.15, -0.1) is 0 Å². The number of hydrogen-bond acceptors (Lipinski definition) is 5. The van der Waals surface area contributed by atoms with Gasteiger partial charge in [-0.1, -0.05) is 11.6 Å². The summed E-state index contributed by atoms with van der Waals surface area (Å²) in [7, 11) is 0. The molecule has 2 rings (SSSR count). The van der Waals surface area contributed by atoms with Crippen LogP contribution in [0.3, 0.4) is 0 Å². The molecule has 6 heteroatoms. The molecule has 0 radical (unpaired) electrons. The van der Waals surface area contributed by atoms with Crippen molar-refractivity contribution >= 4 is 5.97 Å². The minimum Gasteiger partial charge on any atom is -0.476 e. The third-order valence-electron chi connectivity index (χ3n) is 3.10. The number of aromatic nitrogens is 1. The zero-order valence-electron chi connectivity index (χ0n) is 9.50. The van der Waals surface area contributed by atoms with E-state index in [0.717, 1.165) is 25.8 Å². The van der Waals surface area contributed by atoms with Gasteiger partial charge < -0.3 is 14.7 Å². The van der Waals surface area contributed by atoms with Crippen LogP contribution < -0.4 is 0 Å². The first kappa shape index (κ1) is 12.1. The Balaban J connectivity index is 2.00. The summed E-state index contributed by atoms with van der Waals surface area (Å²) >= 11 is 0. The van der Waals surface area contributed by atoms with Crippen molar-refractivity contribution in [1.29, 1.82) is 0 Å². The molecule has 0 spiro atoms. The largest absolute Gasteiger partial charge is 0.476 e. The number of nitrogens with zero attached hydrogens (tertiary/aromatic N) is 2. The second-order valence-corrected chi connectivity index (χ2v) is 4.29. The van der Waals surface area contributed by atoms with Gasteiger partial charge in [0.05, 0.1) is 13.2 Å². The average Bonchev–Trinajstić information content (AvgIpc) is 2.78. The van der Waals surface area contributed by atoms with Crippen LogP contribution in [0.2, 0.25) is 0 Å². The van der Waals surface area contributed by atoms with Crippen LogP contribution in [0, 0.1) is 0 Å². The van der Waals surface area contributed by atoms with Crippen molar-refractivity contribution in [1.82, 2.24) is 10.1 Å². The molecule has 0 amide bonds. The second-order valence-electron chi connectivity index (χ2n) is 4.29. The van der Waals surface area contributed by atoms with E-state index in [-0.39, 0.29) is 18.3 Å². The highest BCUT2D eigenvalue weighted by molar-refractivity contribution is 5.85. The number of carboxylic acids is 1. The predicted octanol–water partition coefficient (Wildman–Crippen LogP) is 0.720. The molecule has 17 heavy (non-hydrogen) atoms. The Morgan fingerprint density at radius 1 is 1.59 bits per heavy atom. The third-order valence-corrected chi connectivity index (χ3v) is 3.10. The van der Waals surface area contributed by atoms with Crippen molar-refractivity contribution in [3.05, 3.63) is 17.5 Å². The quantitative estimate of drug-likeness (QED) is 0.806. The fourth-order valence-electron chi connectivity index (χ4n) is 2.16. The summed E-state index contributed by atoms with van der Waals surface area (Å²) < 4.78 is 4.97. The monoisotopic (exact) mass is 240 g/mol. The number of rotatable bonds is 4. The molecule has 6 nitrogen and oxygen atoms in total. The summed E-state index contributed by atoms with van der Waals surface area (Å²) in [6, 6.07) is 1.58. The van der Waals surface area contributed by atoms with E-state index in [0.29, 0.717) is 12.3 Å². The maximum Gasteiger partial charge on any atom is 0.358 e. The van der Waals surface area contributed by atoms with E-state index in [1.807, 2.05) is 0 Å². The van der Waals surface area contributed by atoms with Crippen LogP contribution in [0.15, 0.2) is 10.6 Å². The molecule has 1 aliphatic heterocycles. The number of aliphatic hydroxyl groups excluding tert-OH is 1. The van der Waals surface area contributed by atoms with Crippen molar-refractivity contribution in [3.63, 3.8) is 0 Å². The Labute approximate surface area is 98.8 Å². The molecule has 1 unspecified atom stereocenters. The van der Waals surface area contributed by atoms with E-state index in [2.05, 4.69) is 10.1 Å². The zero-order chi connectivity index (χ0) is 12.3. The maximum atomic E-state index is 10.7. The molecule has 0 aliphatic carbocycles. The Kier molecular flexibility index (Phi) is 3.75. The molecule has 1 saturated heterocycles. The Hall–Kier alpha value is -1.40. The van der Waals surface area contributed by atoms with Crippen LogP contribution in [-0.2, 0) is 6.54 Å². The molecule has 1 aromatic heterocycles. The minimum absolute atomic E-state index is 0.0717. The summed E-state index contributed by atoms with van der Waals surface area (Å²) in [5.41, 5.74) is -0.0717. The molecule has 1 aliphatic rings. The summed E-state index contributed by atoms with van der Waals surface area (Å²) in [6.45, 7) is 1.53. The number of likely N-dealkylation sites (tertiary alicyclic amines) is 1. The summed E-state index contributed by atoms with van der Waals surface area (Å²) in [5, 5.41) is 21.4. The van der Waals surface area contributed by atoms with E-state index in [9.17, 15) is 9.90 Å². The summed E-state index contributed by atoms with van der Waals surface area (Å²) in [4.78, 5) is 12.8. The summed E-state index contributed by atoms with van der Waals surface area (Å²) in [6.07, 6.45) is 3.19. The number of hydrogen-bond donors (Lipinski definition) is 2. The smallest absolute Gasteiger partial charge is 0.358 e. The van der Waals surface area contributed by atoms with Gasteiger partial charge in [-0.05, 0) is 19.4 Å². The van der Waals surface area contributed by atoms with E-state index in [4.69, 9.17) is 9.63 Å². The van der Waals surface area contributed by atoms with E-state index in [1.165, 1.54) is 6.07 Å². The topological polar surface area (TPSA) is 86.8 Å². The van der Waals surface area contributed by atoms with E-state index < -0.39 is 5.97 Å². The number of piperidine rings is 1. The number of aromatic carboxylic acids is 1. The van der Waals surface area contributed by atoms with Crippen LogP contribution in [0.4, 0.5) is 0 Å². The molecule has 1 atom stereocenters. The highest BCUT2D eigenvalue weighted by atomic mass is 16.5. The van der Waals surface area contributed by atoms with Gasteiger partial charge in [-0.3, -0.25) is 4.90 Å². The third kappa shape index (κ3) is 2.83. The predicted molar refractivity (Wildman–Crippen MR) is 58.6 cm³/mol. The van der Waals surface area contributed by atoms with Gasteiger partial charge in [0, 0.05) is 12.1 Å². The lowest BCUT2D eigenvalue weighted by Gasteiger charge is -2.33. The first-order valence-electron chi connectivity index (χ1n) is 5.74. The highest BCUT2D eigenvalue weighted by Crippen LogP contribution is 2.19. The Morgan fingerprint density at radius 3 is 3.06 bits per heavy atom. The zero-order valence-corrected chi connectivity index (χ0v) is 9.50. The van der Waals surface area contributed by atoms with E-state index in [1.54, 1.807) is 0 Å².